The third-order valence-corrected chi connectivity index (χ3v) is 14.4. The average molecular weight is 1010 g/mol. The first-order valence-electron chi connectivity index (χ1n) is 23.8. The molecule has 0 spiro atoms. The van der Waals surface area contributed by atoms with E-state index in [-0.39, 0.29) is 36.4 Å². The summed E-state index contributed by atoms with van der Waals surface area (Å²) >= 11 is 0. The third kappa shape index (κ3) is 7.38. The summed E-state index contributed by atoms with van der Waals surface area (Å²) < 4.78 is 76.2. The minimum Gasteiger partial charge on any atom is -0.508 e. The Morgan fingerprint density at radius 3 is 0.827 bits per heavy atom. The van der Waals surface area contributed by atoms with Gasteiger partial charge in [-0.1, -0.05) is 54.6 Å². The van der Waals surface area contributed by atoms with Gasteiger partial charge in [0.15, 0.2) is 0 Å². The largest absolute Gasteiger partial charge is 0.508 e. The summed E-state index contributed by atoms with van der Waals surface area (Å²) in [7, 11) is -0.388. The zero-order valence-corrected chi connectivity index (χ0v) is 40.9. The van der Waals surface area contributed by atoms with Gasteiger partial charge in [-0.15, -0.1) is 0 Å². The molecule has 6 aliphatic heterocycles. The highest BCUT2D eigenvalue weighted by Crippen LogP contribution is 2.41. The van der Waals surface area contributed by atoms with Crippen LogP contribution in [0, 0.1) is 0 Å². The van der Waals surface area contributed by atoms with Crippen LogP contribution in [0.15, 0.2) is 164 Å². The van der Waals surface area contributed by atoms with Crippen LogP contribution in [-0.4, -0.2) is 64.4 Å². The van der Waals surface area contributed by atoms with Crippen molar-refractivity contribution >= 4 is 79.4 Å². The maximum absolute atomic E-state index is 11.8. The predicted octanol–water partition coefficient (Wildman–Crippen LogP) is 5.72. The molecule has 6 heterocycles. The fraction of sp³-hybridized carbons (Fsp3) is 0.0526. The predicted molar refractivity (Wildman–Crippen MR) is 286 cm³/mol. The van der Waals surface area contributed by atoms with Crippen LogP contribution in [0.2, 0.25) is 0 Å². The third-order valence-electron chi connectivity index (χ3n) is 13.9. The molecule has 9 aromatic carbocycles. The second-order valence-electron chi connectivity index (χ2n) is 18.2. The van der Waals surface area contributed by atoms with Crippen molar-refractivity contribution in [1.29, 1.82) is 0 Å². The molecule has 0 amide bonds. The molecule has 0 radical (unpaired) electrons. The molecule has 0 bridgehead atoms. The molecule has 9 aromatic rings. The van der Waals surface area contributed by atoms with Crippen LogP contribution in [0.4, 0.5) is 0 Å². The van der Waals surface area contributed by atoms with Gasteiger partial charge < -0.3 is 57.4 Å². The number of phenols is 3. The molecule has 0 atom stereocenters. The van der Waals surface area contributed by atoms with Crippen molar-refractivity contribution in [2.75, 3.05) is 20.5 Å². The van der Waals surface area contributed by atoms with Gasteiger partial charge in [-0.25, -0.2) is 0 Å². The maximum Gasteiger partial charge on any atom is 0.306 e. The molecule has 6 aliphatic rings. The summed E-state index contributed by atoms with van der Waals surface area (Å²) in [6.07, 6.45) is 0.991. The molecule has 15 rings (SSSR count). The van der Waals surface area contributed by atoms with E-state index in [2.05, 4.69) is 0 Å². The summed E-state index contributed by atoms with van der Waals surface area (Å²) in [5.74, 6) is 10.0. The highest BCUT2D eigenvalue weighted by atomic mass is 32.2. The van der Waals surface area contributed by atoms with Crippen LogP contribution in [0.1, 0.15) is 0 Å². The first kappa shape index (κ1) is 45.6. The van der Waals surface area contributed by atoms with Crippen molar-refractivity contribution in [3.8, 4) is 103 Å². The first-order valence-corrected chi connectivity index (χ1v) is 25.6. The lowest BCUT2D eigenvalue weighted by molar-refractivity contribution is 0.409. The minimum absolute atomic E-state index is 0.0555. The summed E-state index contributed by atoms with van der Waals surface area (Å²) in [6, 6.07) is 49.1. The Morgan fingerprint density at radius 2 is 0.533 bits per heavy atom. The summed E-state index contributed by atoms with van der Waals surface area (Å²) in [5, 5.41) is 31.4. The van der Waals surface area contributed by atoms with Crippen LogP contribution in [0.5, 0.6) is 103 Å². The van der Waals surface area contributed by atoms with E-state index in [0.29, 0.717) is 67.8 Å². The lowest BCUT2D eigenvalue weighted by atomic mass is 9.34. The minimum atomic E-state index is -3.75. The van der Waals surface area contributed by atoms with E-state index >= 15 is 0 Å². The Hall–Kier alpha value is -9.28. The molecular weight excluding hydrogens is 973 g/mol. The summed E-state index contributed by atoms with van der Waals surface area (Å²) in [6.45, 7) is -0.870. The molecule has 0 saturated heterocycles. The number of ether oxygens (including phenoxy) is 8. The normalized spacial score (nSPS) is 13.3. The quantitative estimate of drug-likeness (QED) is 0.144. The van der Waals surface area contributed by atoms with Crippen molar-refractivity contribution in [3.63, 3.8) is 0 Å². The van der Waals surface area contributed by atoms with Crippen molar-refractivity contribution < 1.29 is 65.8 Å². The first-order chi connectivity index (χ1) is 36.5. The Morgan fingerprint density at radius 1 is 0.320 bits per heavy atom. The number of aromatic hydroxyl groups is 3. The van der Waals surface area contributed by atoms with E-state index in [1.165, 1.54) is 0 Å². The summed E-state index contributed by atoms with van der Waals surface area (Å²) in [5.41, 5.74) is 6.95. The lowest BCUT2D eigenvalue weighted by Gasteiger charge is -2.34. The SMILES string of the molecule is COc1cccc2c1B1c3c(OC)cccc3Oc3cccc(c31)O2.CS(=O)(=O)Oc1cccc2c1B1c3c(O)cccc3Oc3cccc(c31)O2.Oc1cccc2c1B1c3c(O)cccc3Oc3cccc(c31)O2. The Kier molecular flexibility index (Phi) is 10.6. The van der Waals surface area contributed by atoms with Gasteiger partial charge in [-0.2, -0.15) is 8.42 Å². The molecule has 366 valence electrons. The maximum atomic E-state index is 11.8. The van der Waals surface area contributed by atoms with Gasteiger partial charge in [0.25, 0.3) is 20.1 Å². The number of phenolic OH excluding ortho intramolecular Hbond substituents is 3. The standard InChI is InChI=1S/C20H15BO4.C19H13BO6S.C18H11BO4/c1-22-12-6-3-8-14-18(12)21-19-13(23-2)7-4-9-15(19)25-17-11-5-10-16(24-14)20(17)21;1-27(22,23)26-16-10-4-9-15-19(16)20-17-11(21)5-2-6-12(17)24-13-7-3-8-14(25-15)18(13)20;20-10-4-1-6-12-16(10)19-17-11(21)5-2-7-13(17)23-15-9-3-8-14(22-12)18(15)19/h3-11H,1-2H3;2-10,21H,1H3;1-9,20-21H. The highest BCUT2D eigenvalue weighted by molar-refractivity contribution is 7.86. The van der Waals surface area contributed by atoms with Gasteiger partial charge >= 0.3 is 10.1 Å². The lowest BCUT2D eigenvalue weighted by Crippen LogP contribution is -2.58. The Bertz CT molecular complexity index is 3760. The topological polar surface area (TPSA) is 178 Å². The van der Waals surface area contributed by atoms with Gasteiger partial charge in [0.05, 0.1) is 20.5 Å². The van der Waals surface area contributed by atoms with Crippen molar-refractivity contribution in [2.45, 2.75) is 0 Å². The van der Waals surface area contributed by atoms with Gasteiger partial charge in [-0.3, -0.25) is 0 Å². The molecule has 18 heteroatoms. The van der Waals surface area contributed by atoms with E-state index in [4.69, 9.17) is 42.1 Å². The average Bonchev–Trinajstić information content (AvgIpc) is 3.42. The molecular formula is C57H39B3O14S. The smallest absolute Gasteiger partial charge is 0.306 e. The number of hydrogen-bond acceptors (Lipinski definition) is 14. The number of rotatable bonds is 4. The van der Waals surface area contributed by atoms with E-state index in [9.17, 15) is 23.7 Å². The van der Waals surface area contributed by atoms with Crippen molar-refractivity contribution in [1.82, 2.24) is 0 Å². The number of fused-ring (bicyclic) bond motifs is 12. The molecule has 0 unspecified atom stereocenters. The molecule has 0 aromatic heterocycles. The fourth-order valence-corrected chi connectivity index (χ4v) is 11.5. The number of methoxy groups -OCH3 is 2. The highest BCUT2D eigenvalue weighted by Gasteiger charge is 2.46. The molecule has 14 nitrogen and oxygen atoms in total. The molecule has 3 N–H and O–H groups in total. The van der Waals surface area contributed by atoms with Crippen LogP contribution in [0.3, 0.4) is 0 Å². The monoisotopic (exact) mass is 1010 g/mol. The fourth-order valence-electron chi connectivity index (χ4n) is 11.0. The molecule has 0 fully saturated rings. The van der Waals surface area contributed by atoms with Crippen LogP contribution >= 0.6 is 0 Å². The number of benzene rings is 9. The zero-order valence-electron chi connectivity index (χ0n) is 40.1. The van der Waals surface area contributed by atoms with Crippen molar-refractivity contribution in [2.24, 2.45) is 0 Å². The second kappa shape index (κ2) is 17.5. The Labute approximate surface area is 431 Å². The molecule has 0 saturated carbocycles. The van der Waals surface area contributed by atoms with Gasteiger partial charge in [0.2, 0.25) is 0 Å². The van der Waals surface area contributed by atoms with Gasteiger partial charge in [0.1, 0.15) is 103 Å². The van der Waals surface area contributed by atoms with E-state index in [1.807, 2.05) is 103 Å². The van der Waals surface area contributed by atoms with Gasteiger partial charge in [0, 0.05) is 49.2 Å². The molecule has 75 heavy (non-hydrogen) atoms. The van der Waals surface area contributed by atoms with Crippen LogP contribution < -0.4 is 91.2 Å². The van der Waals surface area contributed by atoms with E-state index in [0.717, 1.165) is 68.1 Å². The van der Waals surface area contributed by atoms with E-state index in [1.54, 1.807) is 74.9 Å². The van der Waals surface area contributed by atoms with Gasteiger partial charge in [-0.05, 0) is 109 Å². The molecule has 0 aliphatic carbocycles. The second-order valence-corrected chi connectivity index (χ2v) is 19.8. The van der Waals surface area contributed by atoms with Crippen LogP contribution in [-0.2, 0) is 10.1 Å². The Balaban J connectivity index is 0.000000108. The number of hydrogen-bond donors (Lipinski definition) is 3. The summed E-state index contributed by atoms with van der Waals surface area (Å²) in [4.78, 5) is 0. The van der Waals surface area contributed by atoms with E-state index < -0.39 is 16.8 Å². The van der Waals surface area contributed by atoms with Crippen molar-refractivity contribution in [3.05, 3.63) is 164 Å². The zero-order chi connectivity index (χ0) is 51.3. The van der Waals surface area contributed by atoms with Crippen LogP contribution in [0.25, 0.3) is 0 Å².